The van der Waals surface area contributed by atoms with E-state index in [0.29, 0.717) is 11.1 Å². The smallest absolute Gasteiger partial charge is 0.271 e. The Bertz CT molecular complexity index is 2360. The van der Waals surface area contributed by atoms with Gasteiger partial charge in [0.05, 0.1) is 5.69 Å². The van der Waals surface area contributed by atoms with E-state index in [9.17, 15) is 14.9 Å². The van der Waals surface area contributed by atoms with E-state index >= 15 is 0 Å². The first-order valence-corrected chi connectivity index (χ1v) is 17.5. The number of amides is 2. The lowest BCUT2D eigenvalue weighted by molar-refractivity contribution is -0.140. The molecule has 8 rings (SSSR count). The molecule has 0 unspecified atom stereocenters. The van der Waals surface area contributed by atoms with E-state index in [1.54, 1.807) is 13.8 Å². The highest BCUT2D eigenvalue weighted by Crippen LogP contribution is 2.58. The molecule has 2 amide bonds. The maximum absolute atomic E-state index is 13.7. The van der Waals surface area contributed by atoms with Gasteiger partial charge in [0.1, 0.15) is 11.6 Å². The third kappa shape index (κ3) is 4.05. The lowest BCUT2D eigenvalue weighted by Gasteiger charge is -2.30. The number of carbonyl (C=O) groups is 2. The zero-order valence-corrected chi connectivity index (χ0v) is 30.0. The molecule has 0 atom stereocenters. The summed E-state index contributed by atoms with van der Waals surface area (Å²) in [5, 5.41) is 9.88. The molecule has 4 aliphatic rings. The summed E-state index contributed by atoms with van der Waals surface area (Å²) in [5.41, 5.74) is 14.7. The van der Waals surface area contributed by atoms with Crippen LogP contribution in [-0.2, 0) is 25.8 Å². The molecule has 248 valence electrons. The molecule has 4 aromatic rings. The van der Waals surface area contributed by atoms with Crippen molar-refractivity contribution < 1.29 is 9.59 Å². The van der Waals surface area contributed by atoms with Crippen LogP contribution in [0.25, 0.3) is 22.3 Å². The molecule has 0 fully saturated rings. The Morgan fingerprint density at radius 2 is 1.24 bits per heavy atom. The second-order valence-corrected chi connectivity index (χ2v) is 15.5. The number of carbonyl (C=O) groups excluding carboxylic acids is 2. The van der Waals surface area contributed by atoms with E-state index in [0.717, 1.165) is 22.0 Å². The highest BCUT2D eigenvalue weighted by molar-refractivity contribution is 6.18. The van der Waals surface area contributed by atoms with E-state index in [2.05, 4.69) is 131 Å². The molecule has 0 bridgehead atoms. The van der Waals surface area contributed by atoms with Crippen LogP contribution in [0.5, 0.6) is 0 Å². The first-order valence-electron chi connectivity index (χ1n) is 17.5. The zero-order valence-electron chi connectivity index (χ0n) is 30.0. The lowest BCUT2D eigenvalue weighted by atomic mass is 9.79. The summed E-state index contributed by atoms with van der Waals surface area (Å²) < 4.78 is 0. The van der Waals surface area contributed by atoms with Crippen LogP contribution in [0.2, 0.25) is 0 Å². The van der Waals surface area contributed by atoms with Crippen LogP contribution in [0.1, 0.15) is 83.2 Å². The van der Waals surface area contributed by atoms with Crippen molar-refractivity contribution in [3.8, 4) is 28.3 Å². The average molecular weight is 656 g/mol. The average Bonchev–Trinajstić information content (AvgIpc) is 3.56. The van der Waals surface area contributed by atoms with Gasteiger partial charge in [-0.3, -0.25) is 14.5 Å². The van der Waals surface area contributed by atoms with Crippen LogP contribution in [-0.4, -0.2) is 23.3 Å². The predicted molar refractivity (Wildman–Crippen MR) is 200 cm³/mol. The molecule has 50 heavy (non-hydrogen) atoms. The summed E-state index contributed by atoms with van der Waals surface area (Å²) >= 11 is 0. The van der Waals surface area contributed by atoms with Crippen molar-refractivity contribution >= 4 is 23.2 Å². The second-order valence-electron chi connectivity index (χ2n) is 15.5. The van der Waals surface area contributed by atoms with Crippen molar-refractivity contribution in [2.24, 2.45) is 0 Å². The van der Waals surface area contributed by atoms with Crippen LogP contribution in [0, 0.1) is 11.3 Å². The Labute approximate surface area is 294 Å². The first kappa shape index (κ1) is 31.8. The summed E-state index contributed by atoms with van der Waals surface area (Å²) in [5.74, 6) is -0.906. The van der Waals surface area contributed by atoms with Gasteiger partial charge in [0, 0.05) is 39.7 Å². The van der Waals surface area contributed by atoms with Crippen LogP contribution in [0.15, 0.2) is 113 Å². The molecule has 2 heterocycles. The fraction of sp³-hybridized carbons (Fsp3) is 0.267. The Hall–Kier alpha value is -5.47. The monoisotopic (exact) mass is 655 g/mol. The number of allylic oxidation sites excluding steroid dienone is 3. The molecule has 5 heteroatoms. The molecule has 0 saturated carbocycles. The number of hydrogen-bond acceptors (Lipinski definition) is 4. The maximum Gasteiger partial charge on any atom is 0.271 e. The molecule has 2 aliphatic heterocycles. The fourth-order valence-corrected chi connectivity index (χ4v) is 8.97. The van der Waals surface area contributed by atoms with Gasteiger partial charge in [-0.05, 0) is 106 Å². The summed E-state index contributed by atoms with van der Waals surface area (Å²) in [4.78, 5) is 30.1. The van der Waals surface area contributed by atoms with Crippen LogP contribution < -0.4 is 4.90 Å². The molecule has 4 aromatic carbocycles. The van der Waals surface area contributed by atoms with Crippen LogP contribution in [0.3, 0.4) is 0 Å². The van der Waals surface area contributed by atoms with Gasteiger partial charge in [0.2, 0.25) is 0 Å². The Morgan fingerprint density at radius 1 is 0.660 bits per heavy atom. The van der Waals surface area contributed by atoms with E-state index in [4.69, 9.17) is 0 Å². The number of anilines is 2. The van der Waals surface area contributed by atoms with Gasteiger partial charge in [0.15, 0.2) is 0 Å². The molecular weight excluding hydrogens is 615 g/mol. The number of nitriles is 1. The minimum absolute atomic E-state index is 0.0136. The first-order chi connectivity index (χ1) is 23.7. The topological polar surface area (TPSA) is 64.4 Å². The molecular formula is C45H41N3O2. The highest BCUT2D eigenvalue weighted by atomic mass is 16.2. The number of likely N-dealkylation sites (N-methyl/N-ethyl adjacent to an activating group) is 1. The van der Waals surface area contributed by atoms with Gasteiger partial charge < -0.3 is 4.90 Å². The fourth-order valence-electron chi connectivity index (χ4n) is 8.97. The molecule has 5 nitrogen and oxygen atoms in total. The van der Waals surface area contributed by atoms with Gasteiger partial charge in [-0.15, -0.1) is 0 Å². The molecule has 0 spiro atoms. The number of rotatable bonds is 3. The van der Waals surface area contributed by atoms with E-state index in [-0.39, 0.29) is 28.9 Å². The third-order valence-electron chi connectivity index (χ3n) is 11.9. The molecule has 0 aromatic heterocycles. The molecule has 2 aliphatic carbocycles. The predicted octanol–water partition coefficient (Wildman–Crippen LogP) is 9.77. The van der Waals surface area contributed by atoms with E-state index in [1.807, 2.05) is 12.2 Å². The lowest BCUT2D eigenvalue weighted by Crippen LogP contribution is -2.42. The standard InChI is InChI=1S/C45H41N3O2/c1-9-47-41(49)28(26(2)33(25-46)42(47)50)20-21-40-45(7,8)38-23-32-30-15-11-13-17-35(30)44(5,6)37(32)24-39(38)48(40)27-18-19-31-29-14-10-12-16-34(29)43(3,4)36(31)22-27/h10-24H,9H2,1-8H3/b28-20+,40-21+. The summed E-state index contributed by atoms with van der Waals surface area (Å²) in [6, 6.07) is 31.1. The van der Waals surface area contributed by atoms with Crippen molar-refractivity contribution in [3.63, 3.8) is 0 Å². The van der Waals surface area contributed by atoms with Gasteiger partial charge in [-0.1, -0.05) is 96.1 Å². The number of nitrogens with zero attached hydrogens (tertiary/aromatic N) is 3. The van der Waals surface area contributed by atoms with Crippen molar-refractivity contribution in [1.82, 2.24) is 4.90 Å². The third-order valence-corrected chi connectivity index (χ3v) is 11.9. The number of imide groups is 1. The van der Waals surface area contributed by atoms with Crippen molar-refractivity contribution in [1.29, 1.82) is 5.26 Å². The summed E-state index contributed by atoms with van der Waals surface area (Å²) in [6.45, 7) is 17.4. The van der Waals surface area contributed by atoms with Crippen molar-refractivity contribution in [2.45, 2.75) is 71.6 Å². The SMILES string of the molecule is CCN1C(=O)C(C#N)=C(C)/C(=C\C=C2\N(c3ccc4c(c3)C(C)(C)c3ccccc3-4)c3cc4c(cc3C2(C)C)-c2ccccc2C4(C)C)C1=O. The number of fused-ring (bicyclic) bond motifs is 7. The van der Waals surface area contributed by atoms with Gasteiger partial charge >= 0.3 is 0 Å². The normalized spacial score (nSPS) is 20.5. The second kappa shape index (κ2) is 10.5. The quantitative estimate of drug-likeness (QED) is 0.163. The largest absolute Gasteiger partial charge is 0.313 e. The van der Waals surface area contributed by atoms with Gasteiger partial charge in [-0.2, -0.15) is 5.26 Å². The molecule has 0 saturated heterocycles. The van der Waals surface area contributed by atoms with Crippen molar-refractivity contribution in [3.05, 3.63) is 141 Å². The van der Waals surface area contributed by atoms with Crippen molar-refractivity contribution in [2.75, 3.05) is 11.4 Å². The summed E-state index contributed by atoms with van der Waals surface area (Å²) in [6.07, 6.45) is 3.85. The van der Waals surface area contributed by atoms with Crippen LogP contribution >= 0.6 is 0 Å². The maximum atomic E-state index is 13.7. The number of benzene rings is 4. The molecule has 0 radical (unpaired) electrons. The minimum Gasteiger partial charge on any atom is -0.313 e. The molecule has 0 N–H and O–H groups in total. The van der Waals surface area contributed by atoms with Gasteiger partial charge in [-0.25, -0.2) is 0 Å². The Morgan fingerprint density at radius 3 is 1.86 bits per heavy atom. The number of hydrogen-bond donors (Lipinski definition) is 0. The minimum atomic E-state index is -0.531. The zero-order chi connectivity index (χ0) is 35.5. The van der Waals surface area contributed by atoms with E-state index in [1.165, 1.54) is 50.1 Å². The Balaban J connectivity index is 1.38. The Kier molecular flexibility index (Phi) is 6.68. The van der Waals surface area contributed by atoms with E-state index < -0.39 is 11.3 Å². The van der Waals surface area contributed by atoms with Gasteiger partial charge in [0.25, 0.3) is 11.8 Å². The van der Waals surface area contributed by atoms with Crippen LogP contribution in [0.4, 0.5) is 11.4 Å². The summed E-state index contributed by atoms with van der Waals surface area (Å²) in [7, 11) is 0. The highest BCUT2D eigenvalue weighted by Gasteiger charge is 2.46.